The molecule has 0 saturated heterocycles. The number of benzene rings is 3. The van der Waals surface area contributed by atoms with E-state index in [0.29, 0.717) is 24.5 Å². The number of carbonyl (C=O) groups is 1. The van der Waals surface area contributed by atoms with E-state index in [4.69, 9.17) is 4.74 Å². The van der Waals surface area contributed by atoms with Gasteiger partial charge in [0.25, 0.3) is 10.0 Å². The third-order valence-electron chi connectivity index (χ3n) is 4.80. The summed E-state index contributed by atoms with van der Waals surface area (Å²) in [5.74, 6) is -0.602. The molecule has 0 bridgehead atoms. The Kier molecular flexibility index (Phi) is 6.81. The summed E-state index contributed by atoms with van der Waals surface area (Å²) in [4.78, 5) is 13.5. The number of nitrogens with zero attached hydrogens (tertiary/aromatic N) is 1. The molecule has 3 rings (SSSR count). The lowest BCUT2D eigenvalue weighted by molar-refractivity contribution is 0.0697. The van der Waals surface area contributed by atoms with Gasteiger partial charge >= 0.3 is 5.97 Å². The van der Waals surface area contributed by atoms with Crippen molar-refractivity contribution in [1.82, 2.24) is 0 Å². The molecular weight excluding hydrogens is 416 g/mol. The van der Waals surface area contributed by atoms with Crippen LogP contribution in [0.4, 0.5) is 11.4 Å². The molecule has 7 nitrogen and oxygen atoms in total. The number of sulfonamides is 1. The van der Waals surface area contributed by atoms with Crippen LogP contribution < -0.4 is 14.4 Å². The van der Waals surface area contributed by atoms with E-state index in [0.717, 1.165) is 5.56 Å². The van der Waals surface area contributed by atoms with E-state index in [1.807, 2.05) is 42.2 Å². The van der Waals surface area contributed by atoms with E-state index in [9.17, 15) is 18.3 Å². The molecule has 162 valence electrons. The number of anilines is 2. The van der Waals surface area contributed by atoms with E-state index in [1.165, 1.54) is 31.4 Å². The Morgan fingerprint density at radius 2 is 1.71 bits per heavy atom. The molecular formula is C23H24N2O5S. The summed E-state index contributed by atoms with van der Waals surface area (Å²) in [7, 11) is -2.45. The summed E-state index contributed by atoms with van der Waals surface area (Å²) in [6, 6.07) is 20.2. The molecule has 0 unspecified atom stereocenters. The van der Waals surface area contributed by atoms with E-state index in [1.54, 1.807) is 18.2 Å². The van der Waals surface area contributed by atoms with Crippen LogP contribution in [0.5, 0.6) is 5.75 Å². The topological polar surface area (TPSA) is 95.9 Å². The van der Waals surface area contributed by atoms with Crippen LogP contribution in [0.15, 0.2) is 77.7 Å². The van der Waals surface area contributed by atoms with Crippen LogP contribution in [-0.4, -0.2) is 33.1 Å². The van der Waals surface area contributed by atoms with Gasteiger partial charge in [-0.3, -0.25) is 4.72 Å². The Bertz CT molecular complexity index is 1150. The lowest BCUT2D eigenvalue weighted by atomic mass is 10.1. The van der Waals surface area contributed by atoms with Crippen LogP contribution in [0, 0.1) is 0 Å². The van der Waals surface area contributed by atoms with Gasteiger partial charge in [-0.2, -0.15) is 0 Å². The normalized spacial score (nSPS) is 11.0. The van der Waals surface area contributed by atoms with Gasteiger partial charge in [-0.1, -0.05) is 30.3 Å². The summed E-state index contributed by atoms with van der Waals surface area (Å²) in [6.07, 6.45) is 0. The maximum absolute atomic E-state index is 13.0. The van der Waals surface area contributed by atoms with Gasteiger partial charge in [0.05, 0.1) is 28.9 Å². The molecule has 0 spiro atoms. The van der Waals surface area contributed by atoms with Crippen molar-refractivity contribution in [3.8, 4) is 5.75 Å². The van der Waals surface area contributed by atoms with Crippen molar-refractivity contribution in [3.63, 3.8) is 0 Å². The van der Waals surface area contributed by atoms with Crippen molar-refractivity contribution in [1.29, 1.82) is 0 Å². The van der Waals surface area contributed by atoms with Crippen molar-refractivity contribution < 1.29 is 23.1 Å². The Morgan fingerprint density at radius 3 is 2.29 bits per heavy atom. The zero-order valence-corrected chi connectivity index (χ0v) is 18.1. The first-order valence-corrected chi connectivity index (χ1v) is 11.2. The SMILES string of the molecule is CCN(Cc1ccccc1)c1ccc(C(=O)O)cc1NS(=O)(=O)c1ccc(OC)cc1. The molecule has 0 amide bonds. The highest BCUT2D eigenvalue weighted by Crippen LogP contribution is 2.31. The minimum Gasteiger partial charge on any atom is -0.497 e. The molecule has 0 radical (unpaired) electrons. The molecule has 0 saturated carbocycles. The molecule has 3 aromatic carbocycles. The predicted molar refractivity (Wildman–Crippen MR) is 120 cm³/mol. The van der Waals surface area contributed by atoms with Gasteiger partial charge < -0.3 is 14.7 Å². The van der Waals surface area contributed by atoms with Gasteiger partial charge in [0.1, 0.15) is 5.75 Å². The second kappa shape index (κ2) is 9.53. The molecule has 0 aliphatic carbocycles. The third-order valence-corrected chi connectivity index (χ3v) is 6.18. The fourth-order valence-electron chi connectivity index (χ4n) is 3.16. The molecule has 0 aliphatic rings. The number of hydrogen-bond acceptors (Lipinski definition) is 5. The predicted octanol–water partition coefficient (Wildman–Crippen LogP) is 4.22. The van der Waals surface area contributed by atoms with Gasteiger partial charge in [0.15, 0.2) is 0 Å². The van der Waals surface area contributed by atoms with Crippen molar-refractivity contribution in [2.45, 2.75) is 18.4 Å². The molecule has 0 atom stereocenters. The molecule has 0 aromatic heterocycles. The number of carboxylic acids is 1. The van der Waals surface area contributed by atoms with Crippen LogP contribution in [0.1, 0.15) is 22.8 Å². The number of aromatic carboxylic acids is 1. The molecule has 8 heteroatoms. The summed E-state index contributed by atoms with van der Waals surface area (Å²) >= 11 is 0. The summed E-state index contributed by atoms with van der Waals surface area (Å²) < 4.78 is 33.6. The molecule has 0 heterocycles. The number of methoxy groups -OCH3 is 1. The second-order valence-corrected chi connectivity index (χ2v) is 8.50. The van der Waals surface area contributed by atoms with E-state index < -0.39 is 16.0 Å². The average molecular weight is 441 g/mol. The number of ether oxygens (including phenoxy) is 1. The summed E-state index contributed by atoms with van der Waals surface area (Å²) in [5, 5.41) is 9.40. The molecule has 0 fully saturated rings. The first-order valence-electron chi connectivity index (χ1n) is 9.67. The first kappa shape index (κ1) is 22.2. The zero-order chi connectivity index (χ0) is 22.4. The number of hydrogen-bond donors (Lipinski definition) is 2. The highest BCUT2D eigenvalue weighted by Gasteiger charge is 2.20. The highest BCUT2D eigenvalue weighted by molar-refractivity contribution is 7.92. The van der Waals surface area contributed by atoms with Crippen molar-refractivity contribution in [2.24, 2.45) is 0 Å². The van der Waals surface area contributed by atoms with Crippen LogP contribution in [-0.2, 0) is 16.6 Å². The van der Waals surface area contributed by atoms with Crippen LogP contribution in [0.3, 0.4) is 0 Å². The van der Waals surface area contributed by atoms with Gasteiger partial charge in [-0.05, 0) is 55.0 Å². The number of carboxylic acid groups (broad SMARTS) is 1. The third kappa shape index (κ3) is 5.35. The van der Waals surface area contributed by atoms with Gasteiger partial charge in [0.2, 0.25) is 0 Å². The Hall–Kier alpha value is -3.52. The monoisotopic (exact) mass is 440 g/mol. The number of nitrogens with one attached hydrogen (secondary N) is 1. The van der Waals surface area contributed by atoms with Crippen LogP contribution >= 0.6 is 0 Å². The van der Waals surface area contributed by atoms with Gasteiger partial charge in [0, 0.05) is 13.1 Å². The maximum Gasteiger partial charge on any atom is 0.335 e. The minimum absolute atomic E-state index is 0.00746. The molecule has 3 aromatic rings. The average Bonchev–Trinajstić information content (AvgIpc) is 2.78. The van der Waals surface area contributed by atoms with Crippen LogP contribution in [0.2, 0.25) is 0 Å². The Labute approximate surface area is 182 Å². The Morgan fingerprint density at radius 1 is 1.03 bits per heavy atom. The van der Waals surface area contributed by atoms with Crippen molar-refractivity contribution in [2.75, 3.05) is 23.3 Å². The first-order chi connectivity index (χ1) is 14.8. The fraction of sp³-hybridized carbons (Fsp3) is 0.174. The van der Waals surface area contributed by atoms with Crippen molar-refractivity contribution in [3.05, 3.63) is 83.9 Å². The van der Waals surface area contributed by atoms with Gasteiger partial charge in [-0.15, -0.1) is 0 Å². The quantitative estimate of drug-likeness (QED) is 0.517. The van der Waals surface area contributed by atoms with E-state index >= 15 is 0 Å². The highest BCUT2D eigenvalue weighted by atomic mass is 32.2. The zero-order valence-electron chi connectivity index (χ0n) is 17.3. The summed E-state index contributed by atoms with van der Waals surface area (Å²) in [6.45, 7) is 3.09. The lowest BCUT2D eigenvalue weighted by Gasteiger charge is -2.26. The standard InChI is InChI=1S/C23H24N2O5S/c1-3-25(16-17-7-5-4-6-8-17)22-14-9-18(23(26)27)15-21(22)24-31(28,29)20-12-10-19(30-2)11-13-20/h4-15,24H,3,16H2,1-2H3,(H,26,27). The lowest BCUT2D eigenvalue weighted by Crippen LogP contribution is -2.24. The maximum atomic E-state index is 13.0. The second-order valence-electron chi connectivity index (χ2n) is 6.82. The molecule has 0 aliphatic heterocycles. The van der Waals surface area contributed by atoms with Crippen LogP contribution in [0.25, 0.3) is 0 Å². The Balaban J connectivity index is 2.00. The largest absolute Gasteiger partial charge is 0.497 e. The van der Waals surface area contributed by atoms with E-state index in [2.05, 4.69) is 4.72 Å². The van der Waals surface area contributed by atoms with E-state index in [-0.39, 0.29) is 16.1 Å². The summed E-state index contributed by atoms with van der Waals surface area (Å²) in [5.41, 5.74) is 1.84. The molecule has 2 N–H and O–H groups in total. The number of rotatable bonds is 9. The van der Waals surface area contributed by atoms with Crippen molar-refractivity contribution >= 4 is 27.4 Å². The molecule has 31 heavy (non-hydrogen) atoms. The van der Waals surface area contributed by atoms with Gasteiger partial charge in [-0.25, -0.2) is 13.2 Å². The fourth-order valence-corrected chi connectivity index (χ4v) is 4.22. The smallest absolute Gasteiger partial charge is 0.335 e. The minimum atomic E-state index is -3.94.